The van der Waals surface area contributed by atoms with Gasteiger partial charge in [0.05, 0.1) is 0 Å². The Morgan fingerprint density at radius 1 is 0.590 bits per heavy atom. The first-order chi connectivity index (χ1) is 18.7. The van der Waals surface area contributed by atoms with E-state index in [1.165, 1.54) is 13.8 Å². The Kier molecular flexibility index (Phi) is 9.80. The third kappa shape index (κ3) is 6.81. The summed E-state index contributed by atoms with van der Waals surface area (Å²) >= 11 is 0. The standard InChI is InChI=1S/2C12H10O.C7H12N2O4/c2*13-12-9-5-4-8-11(12)10-6-2-1-3-7-10;1-7(2)5(12)8(3-10)6(13)9(7)4-11/h2*1-9,13H;10-11H,3-4H2,1-2H3. The van der Waals surface area contributed by atoms with Crippen molar-refractivity contribution in [3.05, 3.63) is 109 Å². The Labute approximate surface area is 227 Å². The summed E-state index contributed by atoms with van der Waals surface area (Å²) in [7, 11) is 0. The molecule has 4 aromatic rings. The highest BCUT2D eigenvalue weighted by Gasteiger charge is 2.50. The van der Waals surface area contributed by atoms with Gasteiger partial charge in [0.2, 0.25) is 0 Å². The molecule has 3 amide bonds. The first-order valence-electron chi connectivity index (χ1n) is 12.2. The van der Waals surface area contributed by atoms with Gasteiger partial charge in [-0.2, -0.15) is 0 Å². The van der Waals surface area contributed by atoms with Gasteiger partial charge in [-0.15, -0.1) is 0 Å². The summed E-state index contributed by atoms with van der Waals surface area (Å²) in [6.45, 7) is 1.84. The summed E-state index contributed by atoms with van der Waals surface area (Å²) in [5.74, 6) is 0.149. The summed E-state index contributed by atoms with van der Waals surface area (Å²) in [6.07, 6.45) is 0. The van der Waals surface area contributed by atoms with Crippen LogP contribution in [0.2, 0.25) is 0 Å². The van der Waals surface area contributed by atoms with Gasteiger partial charge in [0.15, 0.2) is 0 Å². The van der Waals surface area contributed by atoms with Gasteiger partial charge < -0.3 is 20.4 Å². The Morgan fingerprint density at radius 2 is 0.974 bits per heavy atom. The molecule has 8 nitrogen and oxygen atoms in total. The fraction of sp³-hybridized carbons (Fsp3) is 0.161. The van der Waals surface area contributed by atoms with Gasteiger partial charge in [-0.25, -0.2) is 9.69 Å². The molecule has 1 fully saturated rings. The van der Waals surface area contributed by atoms with E-state index < -0.39 is 30.9 Å². The van der Waals surface area contributed by atoms with Gasteiger partial charge in [0, 0.05) is 11.1 Å². The Balaban J connectivity index is 0.000000162. The van der Waals surface area contributed by atoms with Crippen molar-refractivity contribution in [3.63, 3.8) is 0 Å². The second-order valence-electron chi connectivity index (χ2n) is 9.05. The monoisotopic (exact) mass is 528 g/mol. The fourth-order valence-electron chi connectivity index (χ4n) is 3.95. The van der Waals surface area contributed by atoms with Crippen molar-refractivity contribution in [2.24, 2.45) is 0 Å². The van der Waals surface area contributed by atoms with Crippen LogP contribution in [-0.2, 0) is 4.79 Å². The molecule has 0 atom stereocenters. The molecule has 0 unspecified atom stereocenters. The number of rotatable bonds is 4. The molecule has 39 heavy (non-hydrogen) atoms. The molecule has 0 saturated carbocycles. The smallest absolute Gasteiger partial charge is 0.331 e. The molecular weight excluding hydrogens is 496 g/mol. The van der Waals surface area contributed by atoms with E-state index in [1.807, 2.05) is 97.1 Å². The van der Waals surface area contributed by atoms with E-state index in [-0.39, 0.29) is 0 Å². The zero-order valence-electron chi connectivity index (χ0n) is 21.8. The average Bonchev–Trinajstić information content (AvgIpc) is 3.12. The Bertz CT molecular complexity index is 1300. The van der Waals surface area contributed by atoms with Crippen molar-refractivity contribution in [2.45, 2.75) is 19.4 Å². The van der Waals surface area contributed by atoms with Crippen molar-refractivity contribution in [2.75, 3.05) is 13.5 Å². The number of hydrogen-bond donors (Lipinski definition) is 4. The summed E-state index contributed by atoms with van der Waals surface area (Å²) in [4.78, 5) is 24.4. The number of aliphatic hydroxyl groups is 2. The number of amides is 3. The van der Waals surface area contributed by atoms with Crippen LogP contribution in [0.15, 0.2) is 109 Å². The Morgan fingerprint density at radius 3 is 1.28 bits per heavy atom. The lowest BCUT2D eigenvalue weighted by Gasteiger charge is -2.24. The van der Waals surface area contributed by atoms with Crippen LogP contribution < -0.4 is 0 Å². The first kappa shape index (κ1) is 28.9. The lowest BCUT2D eigenvalue weighted by molar-refractivity contribution is -0.134. The van der Waals surface area contributed by atoms with Crippen LogP contribution in [-0.4, -0.2) is 61.2 Å². The molecule has 1 heterocycles. The number of carbonyl (C=O) groups excluding carboxylic acids is 2. The zero-order chi connectivity index (χ0) is 28.4. The molecule has 1 aliphatic heterocycles. The normalized spacial score (nSPS) is 13.7. The zero-order valence-corrected chi connectivity index (χ0v) is 21.8. The minimum Gasteiger partial charge on any atom is -0.507 e. The summed E-state index contributed by atoms with van der Waals surface area (Å²) in [5, 5.41) is 36.7. The van der Waals surface area contributed by atoms with Crippen LogP contribution >= 0.6 is 0 Å². The van der Waals surface area contributed by atoms with Crippen LogP contribution in [0.1, 0.15) is 13.8 Å². The number of carbonyl (C=O) groups is 2. The third-order valence-electron chi connectivity index (χ3n) is 6.17. The van der Waals surface area contributed by atoms with E-state index >= 15 is 0 Å². The highest BCUT2D eigenvalue weighted by Crippen LogP contribution is 2.29. The third-order valence-corrected chi connectivity index (χ3v) is 6.17. The molecule has 1 saturated heterocycles. The van der Waals surface area contributed by atoms with Gasteiger partial charge in [-0.1, -0.05) is 97.1 Å². The van der Waals surface area contributed by atoms with Crippen LogP contribution in [0.3, 0.4) is 0 Å². The number of aliphatic hydroxyl groups excluding tert-OH is 2. The van der Waals surface area contributed by atoms with Gasteiger partial charge in [-0.3, -0.25) is 9.69 Å². The largest absolute Gasteiger partial charge is 0.507 e. The van der Waals surface area contributed by atoms with E-state index in [9.17, 15) is 19.8 Å². The lowest BCUT2D eigenvalue weighted by atomic mass is 10.1. The number of para-hydroxylation sites is 2. The molecule has 0 radical (unpaired) electrons. The molecular formula is C31H32N2O6. The van der Waals surface area contributed by atoms with Crippen molar-refractivity contribution in [3.8, 4) is 33.8 Å². The molecule has 0 bridgehead atoms. The van der Waals surface area contributed by atoms with Crippen molar-refractivity contribution >= 4 is 11.9 Å². The highest BCUT2D eigenvalue weighted by molar-refractivity contribution is 6.06. The van der Waals surface area contributed by atoms with Crippen molar-refractivity contribution in [1.82, 2.24) is 9.80 Å². The summed E-state index contributed by atoms with van der Waals surface area (Å²) in [5.41, 5.74) is 2.77. The quantitative estimate of drug-likeness (QED) is 0.275. The number of phenols is 2. The van der Waals surface area contributed by atoms with E-state index in [0.717, 1.165) is 27.2 Å². The SMILES string of the molecule is CC1(C)C(=O)N(CO)C(=O)N1CO.Oc1ccccc1-c1ccccc1.Oc1ccccc1-c1ccccc1. The first-order valence-corrected chi connectivity index (χ1v) is 12.2. The van der Waals surface area contributed by atoms with Crippen LogP contribution in [0.5, 0.6) is 11.5 Å². The number of hydrogen-bond acceptors (Lipinski definition) is 6. The molecule has 1 aliphatic rings. The Hall–Kier alpha value is -4.66. The van der Waals surface area contributed by atoms with E-state index in [2.05, 4.69) is 0 Å². The highest BCUT2D eigenvalue weighted by atomic mass is 16.3. The molecule has 4 N–H and O–H groups in total. The number of benzene rings is 4. The van der Waals surface area contributed by atoms with Gasteiger partial charge in [0.25, 0.3) is 5.91 Å². The fourth-order valence-corrected chi connectivity index (χ4v) is 3.95. The molecule has 0 aliphatic carbocycles. The maximum absolute atomic E-state index is 11.4. The molecule has 0 aromatic heterocycles. The topological polar surface area (TPSA) is 122 Å². The van der Waals surface area contributed by atoms with Crippen LogP contribution in [0.4, 0.5) is 4.79 Å². The maximum atomic E-state index is 11.4. The van der Waals surface area contributed by atoms with Crippen LogP contribution in [0, 0.1) is 0 Å². The molecule has 5 rings (SSSR count). The molecule has 4 aromatic carbocycles. The minimum absolute atomic E-state index is 0.328. The lowest BCUT2D eigenvalue weighted by Crippen LogP contribution is -2.44. The predicted octanol–water partition coefficient (Wildman–Crippen LogP) is 5.05. The predicted molar refractivity (Wildman–Crippen MR) is 149 cm³/mol. The average molecular weight is 529 g/mol. The van der Waals surface area contributed by atoms with E-state index in [4.69, 9.17) is 10.2 Å². The van der Waals surface area contributed by atoms with Gasteiger partial charge in [0.1, 0.15) is 30.5 Å². The van der Waals surface area contributed by atoms with Gasteiger partial charge >= 0.3 is 6.03 Å². The number of imide groups is 1. The summed E-state index contributed by atoms with van der Waals surface area (Å²) in [6, 6.07) is 33.7. The number of aromatic hydroxyl groups is 2. The van der Waals surface area contributed by atoms with Crippen molar-refractivity contribution in [1.29, 1.82) is 0 Å². The number of urea groups is 1. The molecule has 8 heteroatoms. The molecule has 202 valence electrons. The second-order valence-corrected chi connectivity index (χ2v) is 9.05. The minimum atomic E-state index is -1.07. The molecule has 0 spiro atoms. The van der Waals surface area contributed by atoms with Crippen molar-refractivity contribution < 1.29 is 30.0 Å². The number of phenolic OH excluding ortho intramolecular Hbond substituents is 2. The maximum Gasteiger partial charge on any atom is 0.331 e. The van der Waals surface area contributed by atoms with E-state index in [1.54, 1.807) is 12.1 Å². The van der Waals surface area contributed by atoms with Crippen LogP contribution in [0.25, 0.3) is 22.3 Å². The summed E-state index contributed by atoms with van der Waals surface area (Å²) < 4.78 is 0. The van der Waals surface area contributed by atoms with E-state index in [0.29, 0.717) is 16.4 Å². The van der Waals surface area contributed by atoms with Gasteiger partial charge in [-0.05, 0) is 37.1 Å². The second kappa shape index (κ2) is 13.2. The number of nitrogens with zero attached hydrogens (tertiary/aromatic N) is 2.